The predicted molar refractivity (Wildman–Crippen MR) is 74.9 cm³/mol. The molecule has 2 rings (SSSR count). The van der Waals surface area contributed by atoms with Gasteiger partial charge in [-0.1, -0.05) is 15.9 Å². The third-order valence-electron chi connectivity index (χ3n) is 2.42. The zero-order valence-corrected chi connectivity index (χ0v) is 12.6. The molecule has 1 heterocycles. The van der Waals surface area contributed by atoms with Crippen LogP contribution in [0.4, 0.5) is 0 Å². The molecule has 1 N–H and O–H groups in total. The summed E-state index contributed by atoms with van der Waals surface area (Å²) in [5.74, 6) is 0. The summed E-state index contributed by atoms with van der Waals surface area (Å²) in [5, 5.41) is 7.78. The first-order valence-corrected chi connectivity index (χ1v) is 7.79. The number of halogens is 1. The Hall–Kier alpha value is -1.31. The molecule has 0 spiro atoms. The topological polar surface area (TPSA) is 72.0 Å². The quantitative estimate of drug-likeness (QED) is 0.923. The first kappa shape index (κ1) is 14.1. The second kappa shape index (κ2) is 5.77. The summed E-state index contributed by atoms with van der Waals surface area (Å²) in [6.45, 7) is 1.94. The molecule has 0 aliphatic heterocycles. The smallest absolute Gasteiger partial charge is 0.207 e. The Morgan fingerprint density at radius 2 is 1.79 bits per heavy atom. The van der Waals surface area contributed by atoms with E-state index in [1.54, 1.807) is 24.3 Å². The molecule has 0 bridgehead atoms. The Balaban J connectivity index is 2.09. The number of aromatic nitrogens is 2. The second-order valence-electron chi connectivity index (χ2n) is 3.94. The number of nitrogens with one attached hydrogen (secondary N) is 1. The lowest BCUT2D eigenvalue weighted by molar-refractivity contribution is 0.580. The maximum absolute atomic E-state index is 12.0. The molecule has 0 aliphatic carbocycles. The summed E-state index contributed by atoms with van der Waals surface area (Å²) >= 11 is 3.26. The largest absolute Gasteiger partial charge is 0.240 e. The van der Waals surface area contributed by atoms with Gasteiger partial charge in [0.1, 0.15) is 0 Å². The highest BCUT2D eigenvalue weighted by atomic mass is 79.9. The average molecular weight is 342 g/mol. The fraction of sp³-hybridized carbons (Fsp3) is 0.167. The van der Waals surface area contributed by atoms with Crippen LogP contribution in [0.3, 0.4) is 0 Å². The van der Waals surface area contributed by atoms with E-state index in [-0.39, 0.29) is 11.4 Å². The van der Waals surface area contributed by atoms with E-state index < -0.39 is 10.0 Å². The van der Waals surface area contributed by atoms with Gasteiger partial charge in [0.2, 0.25) is 10.0 Å². The van der Waals surface area contributed by atoms with Gasteiger partial charge in [0, 0.05) is 4.47 Å². The second-order valence-corrected chi connectivity index (χ2v) is 6.63. The van der Waals surface area contributed by atoms with E-state index in [0.717, 1.165) is 10.2 Å². The van der Waals surface area contributed by atoms with E-state index in [2.05, 4.69) is 30.8 Å². The van der Waals surface area contributed by atoms with Crippen LogP contribution in [0.1, 0.15) is 11.4 Å². The van der Waals surface area contributed by atoms with Gasteiger partial charge in [-0.25, -0.2) is 13.1 Å². The number of benzene rings is 1. The van der Waals surface area contributed by atoms with Gasteiger partial charge in [-0.05, 0) is 43.3 Å². The molecule has 1 aromatic carbocycles. The molecule has 1 aromatic heterocycles. The summed E-state index contributed by atoms with van der Waals surface area (Å²) < 4.78 is 27.3. The highest BCUT2D eigenvalue weighted by molar-refractivity contribution is 9.10. The molecular formula is C12H12BrN3O2S. The van der Waals surface area contributed by atoms with E-state index in [4.69, 9.17) is 0 Å². The van der Waals surface area contributed by atoms with Crippen molar-refractivity contribution in [3.63, 3.8) is 0 Å². The number of hydrogen-bond donors (Lipinski definition) is 1. The summed E-state index contributed by atoms with van der Waals surface area (Å²) in [6.07, 6.45) is 0. The number of sulfonamides is 1. The van der Waals surface area contributed by atoms with Crippen LogP contribution in [0, 0.1) is 6.92 Å². The fourth-order valence-corrected chi connectivity index (χ4v) is 2.65. The molecule has 0 unspecified atom stereocenters. The van der Waals surface area contributed by atoms with Crippen LogP contribution < -0.4 is 4.72 Å². The van der Waals surface area contributed by atoms with E-state index in [9.17, 15) is 8.42 Å². The van der Waals surface area contributed by atoms with Crippen LogP contribution in [-0.2, 0) is 16.6 Å². The van der Waals surface area contributed by atoms with Crippen molar-refractivity contribution in [3.05, 3.63) is 52.3 Å². The molecule has 2 aromatic rings. The summed E-state index contributed by atoms with van der Waals surface area (Å²) in [7, 11) is -3.52. The lowest BCUT2D eigenvalue weighted by Crippen LogP contribution is -2.23. The van der Waals surface area contributed by atoms with Crippen molar-refractivity contribution < 1.29 is 8.42 Å². The highest BCUT2D eigenvalue weighted by Crippen LogP contribution is 2.14. The molecule has 19 heavy (non-hydrogen) atoms. The Labute approximate surface area is 120 Å². The Kier molecular flexibility index (Phi) is 4.28. The summed E-state index contributed by atoms with van der Waals surface area (Å²) in [6, 6.07) is 9.96. The third kappa shape index (κ3) is 3.82. The molecule has 0 saturated carbocycles. The van der Waals surface area contributed by atoms with Crippen LogP contribution in [0.5, 0.6) is 0 Å². The standard InChI is InChI=1S/C12H12BrN3O2S/c1-9-2-5-11(16-15-9)8-14-19(17,18)12-6-3-10(13)4-7-12/h2-7,14H,8H2,1H3. The Morgan fingerprint density at radius 1 is 1.11 bits per heavy atom. The van der Waals surface area contributed by atoms with Crippen molar-refractivity contribution in [3.8, 4) is 0 Å². The van der Waals surface area contributed by atoms with Gasteiger partial charge in [-0.2, -0.15) is 10.2 Å². The van der Waals surface area contributed by atoms with Crippen molar-refractivity contribution in [2.24, 2.45) is 0 Å². The molecule has 0 saturated heterocycles. The molecule has 0 aliphatic rings. The fourth-order valence-electron chi connectivity index (χ4n) is 1.39. The zero-order chi connectivity index (χ0) is 13.9. The molecule has 0 fully saturated rings. The first-order chi connectivity index (χ1) is 8.97. The van der Waals surface area contributed by atoms with Crippen LogP contribution in [0.15, 0.2) is 45.8 Å². The first-order valence-electron chi connectivity index (χ1n) is 5.52. The Bertz CT molecular complexity index is 654. The van der Waals surface area contributed by atoms with E-state index in [1.165, 1.54) is 12.1 Å². The molecule has 0 atom stereocenters. The number of nitrogens with zero attached hydrogens (tertiary/aromatic N) is 2. The van der Waals surface area contributed by atoms with Crippen molar-refractivity contribution >= 4 is 26.0 Å². The van der Waals surface area contributed by atoms with E-state index in [0.29, 0.717) is 5.69 Å². The van der Waals surface area contributed by atoms with Gasteiger partial charge in [-0.3, -0.25) is 0 Å². The van der Waals surface area contributed by atoms with Crippen molar-refractivity contribution in [2.75, 3.05) is 0 Å². The van der Waals surface area contributed by atoms with E-state index >= 15 is 0 Å². The zero-order valence-electron chi connectivity index (χ0n) is 10.2. The SMILES string of the molecule is Cc1ccc(CNS(=O)(=O)c2ccc(Br)cc2)nn1. The van der Waals surface area contributed by atoms with Crippen LogP contribution in [0.2, 0.25) is 0 Å². The van der Waals surface area contributed by atoms with Gasteiger partial charge in [0.15, 0.2) is 0 Å². The summed E-state index contributed by atoms with van der Waals surface area (Å²) in [5.41, 5.74) is 1.37. The monoisotopic (exact) mass is 341 g/mol. The van der Waals surface area contributed by atoms with Crippen molar-refractivity contribution in [1.82, 2.24) is 14.9 Å². The highest BCUT2D eigenvalue weighted by Gasteiger charge is 2.13. The van der Waals surface area contributed by atoms with E-state index in [1.807, 2.05) is 6.92 Å². The minimum absolute atomic E-state index is 0.117. The number of rotatable bonds is 4. The number of hydrogen-bond acceptors (Lipinski definition) is 4. The molecule has 100 valence electrons. The van der Waals surface area contributed by atoms with Gasteiger partial charge >= 0.3 is 0 Å². The molecule has 5 nitrogen and oxygen atoms in total. The molecular weight excluding hydrogens is 330 g/mol. The van der Waals surface area contributed by atoms with Gasteiger partial charge in [0.25, 0.3) is 0 Å². The van der Waals surface area contributed by atoms with Gasteiger partial charge < -0.3 is 0 Å². The molecule has 7 heteroatoms. The normalized spacial score (nSPS) is 11.5. The maximum Gasteiger partial charge on any atom is 0.240 e. The van der Waals surface area contributed by atoms with Gasteiger partial charge in [0.05, 0.1) is 22.8 Å². The summed E-state index contributed by atoms with van der Waals surface area (Å²) in [4.78, 5) is 0.218. The lowest BCUT2D eigenvalue weighted by Gasteiger charge is -2.06. The third-order valence-corrected chi connectivity index (χ3v) is 4.37. The van der Waals surface area contributed by atoms with Crippen LogP contribution in [0.25, 0.3) is 0 Å². The lowest BCUT2D eigenvalue weighted by atomic mass is 10.3. The predicted octanol–water partition coefficient (Wildman–Crippen LogP) is 2.03. The van der Waals surface area contributed by atoms with Crippen molar-refractivity contribution in [2.45, 2.75) is 18.4 Å². The van der Waals surface area contributed by atoms with Crippen molar-refractivity contribution in [1.29, 1.82) is 0 Å². The van der Waals surface area contributed by atoms with Crippen LogP contribution in [-0.4, -0.2) is 18.6 Å². The minimum atomic E-state index is -3.52. The van der Waals surface area contributed by atoms with Crippen LogP contribution >= 0.6 is 15.9 Å². The molecule has 0 amide bonds. The van der Waals surface area contributed by atoms with Gasteiger partial charge in [-0.15, -0.1) is 0 Å². The average Bonchev–Trinajstić information content (AvgIpc) is 2.39. The Morgan fingerprint density at radius 3 is 2.37 bits per heavy atom. The minimum Gasteiger partial charge on any atom is -0.207 e. The maximum atomic E-state index is 12.0. The number of aryl methyl sites for hydroxylation is 1. The molecule has 0 radical (unpaired) electrons.